The van der Waals surface area contributed by atoms with Crippen LogP contribution >= 0.6 is 35.3 Å². The SMILES string of the molecule is O=C(O)c1ccc(CNN2C(=O)/C(=C/c3cc(-c4cc(C(F)(F)F)cc(C(F)(F)F)c4)cs3)SC2=S)o1. The maximum Gasteiger partial charge on any atom is 0.416 e. The normalized spacial score (nSPS) is 15.7. The molecule has 3 aromatic rings. The number of aromatic carboxylic acids is 1. The zero-order chi connectivity index (χ0) is 27.1. The number of thioether (sulfide) groups is 1. The Morgan fingerprint density at radius 3 is 2.27 bits per heavy atom. The van der Waals surface area contributed by atoms with E-state index >= 15 is 0 Å². The Balaban J connectivity index is 1.54. The van der Waals surface area contributed by atoms with E-state index in [9.17, 15) is 35.9 Å². The molecule has 194 valence electrons. The number of hydrazine groups is 1. The van der Waals surface area contributed by atoms with Crippen LogP contribution in [0.3, 0.4) is 0 Å². The van der Waals surface area contributed by atoms with Gasteiger partial charge < -0.3 is 9.52 Å². The van der Waals surface area contributed by atoms with Gasteiger partial charge in [-0.05, 0) is 59.0 Å². The number of thiocarbonyl (C=S) groups is 1. The van der Waals surface area contributed by atoms with Crippen LogP contribution in [0.5, 0.6) is 0 Å². The van der Waals surface area contributed by atoms with E-state index in [0.29, 0.717) is 17.0 Å². The highest BCUT2D eigenvalue weighted by Gasteiger charge is 2.37. The first-order chi connectivity index (χ1) is 17.2. The molecule has 0 atom stereocenters. The summed E-state index contributed by atoms with van der Waals surface area (Å²) in [5.74, 6) is -1.85. The number of furan rings is 1. The van der Waals surface area contributed by atoms with E-state index in [2.05, 4.69) is 5.43 Å². The third-order valence-electron chi connectivity index (χ3n) is 4.89. The number of alkyl halides is 6. The predicted molar refractivity (Wildman–Crippen MR) is 127 cm³/mol. The van der Waals surface area contributed by atoms with Crippen molar-refractivity contribution in [1.29, 1.82) is 0 Å². The molecule has 1 aromatic carbocycles. The van der Waals surface area contributed by atoms with Crippen LogP contribution in [0, 0.1) is 0 Å². The average molecular weight is 579 g/mol. The zero-order valence-electron chi connectivity index (χ0n) is 17.9. The van der Waals surface area contributed by atoms with Gasteiger partial charge in [-0.1, -0.05) is 24.0 Å². The summed E-state index contributed by atoms with van der Waals surface area (Å²) in [5, 5.41) is 11.3. The molecule has 6 nitrogen and oxygen atoms in total. The second kappa shape index (κ2) is 9.96. The molecule has 0 saturated carbocycles. The fourth-order valence-electron chi connectivity index (χ4n) is 3.18. The first-order valence-corrected chi connectivity index (χ1v) is 12.0. The summed E-state index contributed by atoms with van der Waals surface area (Å²) in [5.41, 5.74) is -0.285. The van der Waals surface area contributed by atoms with Gasteiger partial charge in [0.1, 0.15) is 5.76 Å². The maximum atomic E-state index is 13.2. The molecular formula is C22H12F6N2O4S3. The minimum atomic E-state index is -4.97. The highest BCUT2D eigenvalue weighted by atomic mass is 32.2. The Labute approximate surface area is 217 Å². The van der Waals surface area contributed by atoms with E-state index in [1.807, 2.05) is 0 Å². The molecule has 1 aliphatic rings. The smallest absolute Gasteiger partial charge is 0.416 e. The predicted octanol–water partition coefficient (Wildman–Crippen LogP) is 6.65. The van der Waals surface area contributed by atoms with Gasteiger partial charge in [-0.15, -0.1) is 11.3 Å². The summed E-state index contributed by atoms with van der Waals surface area (Å²) in [6, 6.07) is 5.36. The van der Waals surface area contributed by atoms with Crippen LogP contribution in [-0.4, -0.2) is 26.3 Å². The molecule has 2 aromatic heterocycles. The number of carboxylic acid groups (broad SMARTS) is 1. The van der Waals surface area contributed by atoms with Crippen LogP contribution in [0.1, 0.15) is 32.3 Å². The van der Waals surface area contributed by atoms with Gasteiger partial charge in [-0.3, -0.25) is 4.79 Å². The standard InChI is InChI=1S/C22H12F6N2O4S3/c23-21(24,25)12-3-10(4-13(6-12)22(26,27)28)11-5-15(36-9-11)7-17-18(31)30(20(35)37-17)29-8-14-1-2-16(34-14)19(32)33/h1-7,9,29H,8H2,(H,32,33)/b17-7-. The van der Waals surface area contributed by atoms with Gasteiger partial charge in [0.25, 0.3) is 5.91 Å². The number of hydrogen-bond donors (Lipinski definition) is 2. The number of nitrogens with one attached hydrogen (secondary N) is 1. The van der Waals surface area contributed by atoms with Crippen molar-refractivity contribution in [3.05, 3.63) is 74.2 Å². The van der Waals surface area contributed by atoms with Crippen molar-refractivity contribution in [3.8, 4) is 11.1 Å². The van der Waals surface area contributed by atoms with E-state index in [4.69, 9.17) is 21.7 Å². The number of benzene rings is 1. The summed E-state index contributed by atoms with van der Waals surface area (Å²) < 4.78 is 84.3. The minimum Gasteiger partial charge on any atom is -0.475 e. The van der Waals surface area contributed by atoms with E-state index in [-0.39, 0.29) is 44.5 Å². The highest BCUT2D eigenvalue weighted by molar-refractivity contribution is 8.26. The Hall–Kier alpha value is -3.14. The van der Waals surface area contributed by atoms with E-state index in [1.54, 1.807) is 0 Å². The molecule has 0 unspecified atom stereocenters. The maximum absolute atomic E-state index is 13.2. The van der Waals surface area contributed by atoms with E-state index in [0.717, 1.165) is 28.1 Å². The number of carboxylic acids is 1. The number of nitrogens with zero attached hydrogens (tertiary/aromatic N) is 1. The van der Waals surface area contributed by atoms with Crippen LogP contribution in [0.2, 0.25) is 0 Å². The van der Waals surface area contributed by atoms with Crippen LogP contribution in [-0.2, 0) is 23.7 Å². The molecule has 3 heterocycles. The van der Waals surface area contributed by atoms with Gasteiger partial charge in [0.2, 0.25) is 5.76 Å². The van der Waals surface area contributed by atoms with Gasteiger partial charge in [-0.25, -0.2) is 15.2 Å². The molecule has 0 aliphatic carbocycles. The minimum absolute atomic E-state index is 0.0484. The quantitative estimate of drug-likeness (QED) is 0.193. The average Bonchev–Trinajstić information content (AvgIpc) is 3.52. The number of rotatable bonds is 6. The molecule has 1 amide bonds. The van der Waals surface area contributed by atoms with Crippen LogP contribution in [0.25, 0.3) is 17.2 Å². The molecular weight excluding hydrogens is 566 g/mol. The van der Waals surface area contributed by atoms with Crippen molar-refractivity contribution >= 4 is 57.6 Å². The van der Waals surface area contributed by atoms with Crippen molar-refractivity contribution in [2.24, 2.45) is 0 Å². The fourth-order valence-corrected chi connectivity index (χ4v) is 5.31. The fraction of sp³-hybridized carbons (Fsp3) is 0.136. The van der Waals surface area contributed by atoms with Crippen molar-refractivity contribution in [3.63, 3.8) is 0 Å². The van der Waals surface area contributed by atoms with E-state index < -0.39 is 35.4 Å². The molecule has 15 heteroatoms. The molecule has 1 fully saturated rings. The molecule has 4 rings (SSSR count). The first kappa shape index (κ1) is 26.9. The third kappa shape index (κ3) is 6.06. The summed E-state index contributed by atoms with van der Waals surface area (Å²) in [4.78, 5) is 24.2. The Bertz CT molecular complexity index is 1390. The number of hydrogen-bond acceptors (Lipinski definition) is 7. The van der Waals surface area contributed by atoms with Crippen LogP contribution in [0.15, 0.2) is 51.1 Å². The lowest BCUT2D eigenvalue weighted by molar-refractivity contribution is -0.143. The molecule has 2 N–H and O–H groups in total. The first-order valence-electron chi connectivity index (χ1n) is 9.94. The highest BCUT2D eigenvalue weighted by Crippen LogP contribution is 2.40. The van der Waals surface area contributed by atoms with Crippen LogP contribution in [0.4, 0.5) is 26.3 Å². The topological polar surface area (TPSA) is 82.8 Å². The number of carbonyl (C=O) groups excluding carboxylic acids is 1. The molecule has 1 saturated heterocycles. The zero-order valence-corrected chi connectivity index (χ0v) is 20.4. The number of halogens is 6. The number of carbonyl (C=O) groups is 2. The molecule has 37 heavy (non-hydrogen) atoms. The Kier molecular flexibility index (Phi) is 7.25. The number of amides is 1. The van der Waals surface area contributed by atoms with Crippen molar-refractivity contribution in [2.45, 2.75) is 18.9 Å². The lowest BCUT2D eigenvalue weighted by Crippen LogP contribution is -2.40. The Morgan fingerprint density at radius 2 is 1.70 bits per heavy atom. The number of thiophene rings is 1. The molecule has 1 aliphatic heterocycles. The molecule has 0 radical (unpaired) electrons. The second-order valence-electron chi connectivity index (χ2n) is 7.46. The monoisotopic (exact) mass is 578 g/mol. The van der Waals surface area contributed by atoms with Gasteiger partial charge in [0.15, 0.2) is 4.32 Å². The van der Waals surface area contributed by atoms with Gasteiger partial charge in [0, 0.05) is 4.88 Å². The van der Waals surface area contributed by atoms with E-state index in [1.165, 1.54) is 29.7 Å². The summed E-state index contributed by atoms with van der Waals surface area (Å²) in [6.45, 7) is -0.0484. The summed E-state index contributed by atoms with van der Waals surface area (Å²) in [6.07, 6.45) is -8.52. The summed E-state index contributed by atoms with van der Waals surface area (Å²) in [7, 11) is 0. The van der Waals surface area contributed by atoms with Gasteiger partial charge in [0.05, 0.1) is 22.6 Å². The molecule has 0 spiro atoms. The third-order valence-corrected chi connectivity index (χ3v) is 7.07. The molecule has 0 bridgehead atoms. The van der Waals surface area contributed by atoms with Gasteiger partial charge in [-0.2, -0.15) is 26.3 Å². The van der Waals surface area contributed by atoms with Crippen LogP contribution < -0.4 is 5.43 Å². The second-order valence-corrected chi connectivity index (χ2v) is 10.1. The van der Waals surface area contributed by atoms with Crippen molar-refractivity contribution in [2.75, 3.05) is 0 Å². The Morgan fingerprint density at radius 1 is 1.05 bits per heavy atom. The van der Waals surface area contributed by atoms with Crippen molar-refractivity contribution < 1.29 is 45.5 Å². The largest absolute Gasteiger partial charge is 0.475 e. The van der Waals surface area contributed by atoms with Crippen molar-refractivity contribution in [1.82, 2.24) is 10.4 Å². The lowest BCUT2D eigenvalue weighted by Gasteiger charge is -2.14. The van der Waals surface area contributed by atoms with Gasteiger partial charge >= 0.3 is 18.3 Å². The lowest BCUT2D eigenvalue weighted by atomic mass is 10.0. The summed E-state index contributed by atoms with van der Waals surface area (Å²) >= 11 is 7.13.